The van der Waals surface area contributed by atoms with Crippen LogP contribution in [0.1, 0.15) is 19.6 Å². The van der Waals surface area contributed by atoms with Crippen LogP contribution < -0.4 is 5.32 Å². The highest BCUT2D eigenvalue weighted by Gasteiger charge is 2.52. The van der Waals surface area contributed by atoms with Crippen LogP contribution in [0.5, 0.6) is 0 Å². The fraction of sp³-hybridized carbons (Fsp3) is 0.318. The van der Waals surface area contributed by atoms with Crippen LogP contribution in [0, 0.1) is 11.6 Å². The van der Waals surface area contributed by atoms with E-state index in [1.807, 2.05) is 36.3 Å². The summed E-state index contributed by atoms with van der Waals surface area (Å²) in [7, 11) is 1.80. The molecule has 1 saturated heterocycles. The number of amides is 1. The van der Waals surface area contributed by atoms with Crippen molar-refractivity contribution in [3.8, 4) is 11.4 Å². The molecule has 7 nitrogen and oxygen atoms in total. The van der Waals surface area contributed by atoms with Crippen molar-refractivity contribution in [2.45, 2.75) is 31.2 Å². The summed E-state index contributed by atoms with van der Waals surface area (Å²) >= 11 is 0. The minimum Gasteiger partial charge on any atom is -0.332 e. The molecule has 4 heterocycles. The zero-order valence-corrected chi connectivity index (χ0v) is 17.2. The third kappa shape index (κ3) is 2.91. The first-order chi connectivity index (χ1) is 14.9. The van der Waals surface area contributed by atoms with E-state index in [0.717, 1.165) is 11.9 Å². The summed E-state index contributed by atoms with van der Waals surface area (Å²) in [6.45, 7) is 2.46. The number of aromatic nitrogens is 2. The number of amidine groups is 1. The van der Waals surface area contributed by atoms with Crippen LogP contribution in [0.15, 0.2) is 60.0 Å². The minimum absolute atomic E-state index is 0.0263. The van der Waals surface area contributed by atoms with Gasteiger partial charge >= 0.3 is 0 Å². The predicted octanol–water partition coefficient (Wildman–Crippen LogP) is 2.66. The molecule has 0 aliphatic carbocycles. The first-order valence-corrected chi connectivity index (χ1v) is 10.2. The second-order valence-electron chi connectivity index (χ2n) is 7.87. The Bertz CT molecular complexity index is 1120. The standard InChI is InChI=1S/C22H22F2N6O/c1-3-22-6-4-5-8-30(22)19-17(28(2)20(22)31)13-26-21(27-19)29-9-7-25-18(29)14-10-15(23)12-16(24)11-14/h4-12,17,21,26H,3,13H2,1-2H3. The van der Waals surface area contributed by atoms with Gasteiger partial charge in [-0.15, -0.1) is 0 Å². The molecule has 1 amide bonds. The molecule has 5 rings (SSSR count). The summed E-state index contributed by atoms with van der Waals surface area (Å²) in [4.78, 5) is 26.1. The van der Waals surface area contributed by atoms with Gasteiger partial charge in [-0.05, 0) is 30.7 Å². The van der Waals surface area contributed by atoms with Gasteiger partial charge < -0.3 is 9.80 Å². The van der Waals surface area contributed by atoms with E-state index in [1.54, 1.807) is 28.9 Å². The van der Waals surface area contributed by atoms with Gasteiger partial charge in [0.2, 0.25) is 0 Å². The van der Waals surface area contributed by atoms with Crippen molar-refractivity contribution in [3.05, 3.63) is 66.7 Å². The van der Waals surface area contributed by atoms with Crippen molar-refractivity contribution in [1.29, 1.82) is 0 Å². The molecule has 3 atom stereocenters. The maximum absolute atomic E-state index is 13.8. The third-order valence-corrected chi connectivity index (χ3v) is 6.19. The van der Waals surface area contributed by atoms with E-state index in [1.165, 1.54) is 12.1 Å². The van der Waals surface area contributed by atoms with Crippen LogP contribution in [0.2, 0.25) is 0 Å². The lowest BCUT2D eigenvalue weighted by Crippen LogP contribution is -2.71. The van der Waals surface area contributed by atoms with E-state index in [0.29, 0.717) is 24.4 Å². The number of hydrogen-bond donors (Lipinski definition) is 1. The molecule has 1 aromatic heterocycles. The molecule has 0 saturated carbocycles. The number of hydrogen-bond acceptors (Lipinski definition) is 5. The summed E-state index contributed by atoms with van der Waals surface area (Å²) in [5.74, 6) is -0.151. The normalized spacial score (nSPS) is 27.2. The van der Waals surface area contributed by atoms with Gasteiger partial charge in [-0.2, -0.15) is 0 Å². The van der Waals surface area contributed by atoms with Crippen molar-refractivity contribution < 1.29 is 13.6 Å². The monoisotopic (exact) mass is 424 g/mol. The number of piperazine rings is 1. The number of likely N-dealkylation sites (N-methyl/N-ethyl adjacent to an activating group) is 1. The van der Waals surface area contributed by atoms with Crippen molar-refractivity contribution in [2.75, 3.05) is 13.6 Å². The quantitative estimate of drug-likeness (QED) is 0.823. The molecule has 3 aliphatic heterocycles. The number of rotatable bonds is 3. The lowest BCUT2D eigenvalue weighted by Gasteiger charge is -2.53. The molecule has 1 N–H and O–H groups in total. The fourth-order valence-electron chi connectivity index (χ4n) is 4.58. The Morgan fingerprint density at radius 3 is 2.74 bits per heavy atom. The minimum atomic E-state index is -0.801. The third-order valence-electron chi connectivity index (χ3n) is 6.19. The smallest absolute Gasteiger partial charge is 0.253 e. The van der Waals surface area contributed by atoms with Crippen LogP contribution in [-0.4, -0.2) is 56.3 Å². The number of carbonyl (C=O) groups excluding carboxylic acids is 1. The average Bonchev–Trinajstić information content (AvgIpc) is 3.26. The van der Waals surface area contributed by atoms with Crippen molar-refractivity contribution in [1.82, 2.24) is 24.7 Å². The molecule has 160 valence electrons. The summed E-state index contributed by atoms with van der Waals surface area (Å²) < 4.78 is 29.3. The number of imidazole rings is 1. The summed E-state index contributed by atoms with van der Waals surface area (Å²) in [5.41, 5.74) is -0.476. The number of benzene rings is 1. The molecule has 2 aromatic rings. The molecule has 0 radical (unpaired) electrons. The van der Waals surface area contributed by atoms with Gasteiger partial charge in [-0.1, -0.05) is 13.0 Å². The maximum atomic E-state index is 13.8. The van der Waals surface area contributed by atoms with Gasteiger partial charge in [0.25, 0.3) is 5.91 Å². The number of carbonyl (C=O) groups is 1. The van der Waals surface area contributed by atoms with E-state index in [-0.39, 0.29) is 11.9 Å². The Hall–Kier alpha value is -3.33. The maximum Gasteiger partial charge on any atom is 0.253 e. The number of nitrogens with zero attached hydrogens (tertiary/aromatic N) is 5. The Balaban J connectivity index is 1.58. The van der Waals surface area contributed by atoms with E-state index < -0.39 is 23.5 Å². The Labute approximate surface area is 178 Å². The average molecular weight is 424 g/mol. The van der Waals surface area contributed by atoms with E-state index in [4.69, 9.17) is 4.99 Å². The molecule has 0 bridgehead atoms. The van der Waals surface area contributed by atoms with Crippen molar-refractivity contribution >= 4 is 11.7 Å². The summed E-state index contributed by atoms with van der Waals surface area (Å²) in [6, 6.07) is 3.09. The SMILES string of the molecule is CCC12C=CC=CN1C1=NC(n3ccnc3-c3cc(F)cc(F)c3)NCC1N(C)C2=O. The van der Waals surface area contributed by atoms with Crippen LogP contribution in [0.3, 0.4) is 0 Å². The topological polar surface area (TPSA) is 65.8 Å². The number of fused-ring (bicyclic) bond motifs is 3. The first-order valence-electron chi connectivity index (χ1n) is 10.2. The van der Waals surface area contributed by atoms with Gasteiger partial charge in [-0.3, -0.25) is 14.7 Å². The second-order valence-corrected chi connectivity index (χ2v) is 7.87. The highest BCUT2D eigenvalue weighted by atomic mass is 19.1. The van der Waals surface area contributed by atoms with Gasteiger partial charge in [0.1, 0.15) is 34.9 Å². The van der Waals surface area contributed by atoms with E-state index in [9.17, 15) is 13.6 Å². The number of allylic oxidation sites excluding steroid dienone is 2. The molecule has 1 aromatic carbocycles. The molecule has 1 fully saturated rings. The lowest BCUT2D eigenvalue weighted by molar-refractivity contribution is -0.141. The molecule has 3 aliphatic rings. The number of halogens is 2. The predicted molar refractivity (Wildman–Crippen MR) is 112 cm³/mol. The van der Waals surface area contributed by atoms with Crippen LogP contribution in [0.4, 0.5) is 8.78 Å². The zero-order chi connectivity index (χ0) is 21.8. The van der Waals surface area contributed by atoms with Crippen LogP contribution in [0.25, 0.3) is 11.4 Å². The molecular formula is C22H22F2N6O. The zero-order valence-electron chi connectivity index (χ0n) is 17.2. The van der Waals surface area contributed by atoms with Crippen LogP contribution >= 0.6 is 0 Å². The second kappa shape index (κ2) is 7.12. The molecule has 9 heteroatoms. The molecule has 3 unspecified atom stereocenters. The molecule has 31 heavy (non-hydrogen) atoms. The Kier molecular flexibility index (Phi) is 4.51. The van der Waals surface area contributed by atoms with Crippen molar-refractivity contribution in [3.63, 3.8) is 0 Å². The Morgan fingerprint density at radius 2 is 2.00 bits per heavy atom. The van der Waals surface area contributed by atoms with Gasteiger partial charge in [0, 0.05) is 43.8 Å². The van der Waals surface area contributed by atoms with Gasteiger partial charge in [-0.25, -0.2) is 18.8 Å². The molecule has 0 spiro atoms. The summed E-state index contributed by atoms with van der Waals surface area (Å²) in [5, 5.41) is 3.32. The number of aliphatic imine (C=N–C) groups is 1. The number of nitrogens with one attached hydrogen (secondary N) is 1. The highest BCUT2D eigenvalue weighted by Crippen LogP contribution is 2.36. The van der Waals surface area contributed by atoms with E-state index >= 15 is 0 Å². The van der Waals surface area contributed by atoms with Crippen molar-refractivity contribution in [2.24, 2.45) is 4.99 Å². The van der Waals surface area contributed by atoms with E-state index in [2.05, 4.69) is 10.3 Å². The molecular weight excluding hydrogens is 402 g/mol. The van der Waals surface area contributed by atoms with Crippen LogP contribution in [-0.2, 0) is 4.79 Å². The Morgan fingerprint density at radius 1 is 1.23 bits per heavy atom. The highest BCUT2D eigenvalue weighted by molar-refractivity contribution is 6.04. The van der Waals surface area contributed by atoms with Gasteiger partial charge in [0.05, 0.1) is 0 Å². The first kappa shape index (κ1) is 19.6. The lowest BCUT2D eigenvalue weighted by atomic mass is 9.85. The fourth-order valence-corrected chi connectivity index (χ4v) is 4.58. The van der Waals surface area contributed by atoms with Gasteiger partial charge in [0.15, 0.2) is 6.29 Å². The summed E-state index contributed by atoms with van der Waals surface area (Å²) in [6.07, 6.45) is 10.9. The largest absolute Gasteiger partial charge is 0.332 e.